The molecule has 0 saturated heterocycles. The Balaban J connectivity index is 1.71. The van der Waals surface area contributed by atoms with E-state index in [1.165, 1.54) is 0 Å². The maximum absolute atomic E-state index is 12.0. The number of fused-ring (bicyclic) bond motifs is 1. The summed E-state index contributed by atoms with van der Waals surface area (Å²) in [4.78, 5) is 23.7. The number of pyridine rings is 1. The van der Waals surface area contributed by atoms with Crippen LogP contribution in [0, 0.1) is 6.92 Å². The van der Waals surface area contributed by atoms with Gasteiger partial charge in [-0.05, 0) is 31.2 Å². The van der Waals surface area contributed by atoms with Gasteiger partial charge in [0.15, 0.2) is 0 Å². The molecule has 3 rings (SSSR count). The quantitative estimate of drug-likeness (QED) is 0.763. The standard InChI is InChI=1S/C15H14N4O/c1-10-8-11(6-7-16-10)15(20)17-9-14-18-12-4-2-3-5-13(12)19-14/h2-8H,9H2,1H3,(H,17,20)(H,18,19). The van der Waals surface area contributed by atoms with Crippen LogP contribution in [-0.2, 0) is 6.54 Å². The molecule has 0 unspecified atom stereocenters. The average Bonchev–Trinajstić information content (AvgIpc) is 2.87. The fourth-order valence-electron chi connectivity index (χ4n) is 2.04. The first-order chi connectivity index (χ1) is 9.72. The predicted molar refractivity (Wildman–Crippen MR) is 76.2 cm³/mol. The fraction of sp³-hybridized carbons (Fsp3) is 0.133. The second-order valence-electron chi connectivity index (χ2n) is 4.57. The molecule has 20 heavy (non-hydrogen) atoms. The van der Waals surface area contributed by atoms with E-state index in [4.69, 9.17) is 0 Å². The van der Waals surface area contributed by atoms with Crippen LogP contribution in [0.3, 0.4) is 0 Å². The molecule has 0 aliphatic heterocycles. The SMILES string of the molecule is Cc1cc(C(=O)NCc2nc3ccccc3[nH]2)ccn1. The van der Waals surface area contributed by atoms with Crippen LogP contribution in [0.25, 0.3) is 11.0 Å². The molecule has 100 valence electrons. The first kappa shape index (κ1) is 12.3. The Labute approximate surface area is 116 Å². The van der Waals surface area contributed by atoms with Gasteiger partial charge in [-0.15, -0.1) is 0 Å². The molecule has 0 aliphatic carbocycles. The number of aromatic amines is 1. The van der Waals surface area contributed by atoms with Crippen molar-refractivity contribution >= 4 is 16.9 Å². The van der Waals surface area contributed by atoms with Crippen molar-refractivity contribution < 1.29 is 4.79 Å². The van der Waals surface area contributed by atoms with Gasteiger partial charge in [-0.1, -0.05) is 12.1 Å². The number of aromatic nitrogens is 3. The molecule has 2 heterocycles. The summed E-state index contributed by atoms with van der Waals surface area (Å²) in [5.74, 6) is 0.612. The molecule has 2 N–H and O–H groups in total. The number of imidazole rings is 1. The molecule has 1 amide bonds. The monoisotopic (exact) mass is 266 g/mol. The van der Waals surface area contributed by atoms with Crippen LogP contribution in [0.5, 0.6) is 0 Å². The van der Waals surface area contributed by atoms with Crippen LogP contribution >= 0.6 is 0 Å². The number of carbonyl (C=O) groups excluding carboxylic acids is 1. The number of benzene rings is 1. The van der Waals surface area contributed by atoms with E-state index in [0.29, 0.717) is 12.1 Å². The Bertz CT molecular complexity index is 730. The summed E-state index contributed by atoms with van der Waals surface area (Å²) in [6, 6.07) is 11.2. The number of carbonyl (C=O) groups is 1. The van der Waals surface area contributed by atoms with E-state index in [0.717, 1.165) is 22.6 Å². The Morgan fingerprint density at radius 3 is 2.95 bits per heavy atom. The molecule has 1 aromatic carbocycles. The smallest absolute Gasteiger partial charge is 0.251 e. The van der Waals surface area contributed by atoms with Crippen molar-refractivity contribution in [3.05, 3.63) is 59.7 Å². The minimum atomic E-state index is -0.129. The number of nitrogens with zero attached hydrogens (tertiary/aromatic N) is 2. The van der Waals surface area contributed by atoms with E-state index in [1.54, 1.807) is 18.3 Å². The van der Waals surface area contributed by atoms with Gasteiger partial charge < -0.3 is 10.3 Å². The van der Waals surface area contributed by atoms with Gasteiger partial charge in [-0.3, -0.25) is 9.78 Å². The van der Waals surface area contributed by atoms with Gasteiger partial charge in [0.2, 0.25) is 0 Å². The number of hydrogen-bond acceptors (Lipinski definition) is 3. The lowest BCUT2D eigenvalue weighted by Gasteiger charge is -2.03. The van der Waals surface area contributed by atoms with Crippen LogP contribution in [0.4, 0.5) is 0 Å². The van der Waals surface area contributed by atoms with Crippen molar-refractivity contribution in [2.75, 3.05) is 0 Å². The summed E-state index contributed by atoms with van der Waals surface area (Å²) in [5.41, 5.74) is 3.29. The minimum Gasteiger partial charge on any atom is -0.345 e. The van der Waals surface area contributed by atoms with E-state index in [9.17, 15) is 4.79 Å². The average molecular weight is 266 g/mol. The van der Waals surface area contributed by atoms with Crippen LogP contribution in [0.15, 0.2) is 42.6 Å². The Morgan fingerprint density at radius 2 is 2.15 bits per heavy atom. The third-order valence-corrected chi connectivity index (χ3v) is 3.01. The number of H-pyrrole nitrogens is 1. The second kappa shape index (κ2) is 5.13. The molecule has 0 radical (unpaired) electrons. The second-order valence-corrected chi connectivity index (χ2v) is 4.57. The number of hydrogen-bond donors (Lipinski definition) is 2. The maximum Gasteiger partial charge on any atom is 0.251 e. The van der Waals surface area contributed by atoms with Crippen LogP contribution in [-0.4, -0.2) is 20.9 Å². The van der Waals surface area contributed by atoms with E-state index >= 15 is 0 Å². The van der Waals surface area contributed by atoms with Crippen molar-refractivity contribution in [3.63, 3.8) is 0 Å². The summed E-state index contributed by atoms with van der Waals surface area (Å²) in [5, 5.41) is 2.84. The highest BCUT2D eigenvalue weighted by Crippen LogP contribution is 2.10. The van der Waals surface area contributed by atoms with Gasteiger partial charge in [-0.2, -0.15) is 0 Å². The van der Waals surface area contributed by atoms with Gasteiger partial charge in [0.1, 0.15) is 5.82 Å². The van der Waals surface area contributed by atoms with Gasteiger partial charge in [-0.25, -0.2) is 4.98 Å². The zero-order valence-corrected chi connectivity index (χ0v) is 11.1. The molecular weight excluding hydrogens is 252 g/mol. The number of para-hydroxylation sites is 2. The summed E-state index contributed by atoms with van der Waals surface area (Å²) in [6.07, 6.45) is 1.63. The van der Waals surface area contributed by atoms with Crippen molar-refractivity contribution in [3.8, 4) is 0 Å². The molecule has 2 aromatic heterocycles. The van der Waals surface area contributed by atoms with Crippen LogP contribution < -0.4 is 5.32 Å². The zero-order chi connectivity index (χ0) is 13.9. The lowest BCUT2D eigenvalue weighted by atomic mass is 10.2. The lowest BCUT2D eigenvalue weighted by molar-refractivity contribution is 0.0950. The van der Waals surface area contributed by atoms with E-state index in [1.807, 2.05) is 31.2 Å². The normalized spacial score (nSPS) is 10.7. The molecular formula is C15H14N4O. The summed E-state index contributed by atoms with van der Waals surface area (Å²) < 4.78 is 0. The summed E-state index contributed by atoms with van der Waals surface area (Å²) in [7, 11) is 0. The zero-order valence-electron chi connectivity index (χ0n) is 11.1. The summed E-state index contributed by atoms with van der Waals surface area (Å²) >= 11 is 0. The van der Waals surface area contributed by atoms with Crippen LogP contribution in [0.2, 0.25) is 0 Å². The summed E-state index contributed by atoms with van der Waals surface area (Å²) in [6.45, 7) is 2.23. The number of nitrogens with one attached hydrogen (secondary N) is 2. The molecule has 5 nitrogen and oxygen atoms in total. The minimum absolute atomic E-state index is 0.129. The van der Waals surface area contributed by atoms with Gasteiger partial charge >= 0.3 is 0 Å². The number of amides is 1. The van der Waals surface area contributed by atoms with E-state index in [2.05, 4.69) is 20.3 Å². The number of aryl methyl sites for hydroxylation is 1. The lowest BCUT2D eigenvalue weighted by Crippen LogP contribution is -2.23. The predicted octanol–water partition coefficient (Wildman–Crippen LogP) is 2.20. The van der Waals surface area contributed by atoms with Crippen LogP contribution in [0.1, 0.15) is 21.9 Å². The van der Waals surface area contributed by atoms with Gasteiger partial charge in [0, 0.05) is 17.5 Å². The first-order valence-electron chi connectivity index (χ1n) is 6.37. The van der Waals surface area contributed by atoms with Crippen molar-refractivity contribution in [2.45, 2.75) is 13.5 Å². The Morgan fingerprint density at radius 1 is 1.30 bits per heavy atom. The molecule has 0 saturated carbocycles. The topological polar surface area (TPSA) is 70.7 Å². The highest BCUT2D eigenvalue weighted by molar-refractivity contribution is 5.94. The third kappa shape index (κ3) is 2.51. The Hall–Kier alpha value is -2.69. The molecule has 0 bridgehead atoms. The van der Waals surface area contributed by atoms with Crippen molar-refractivity contribution in [1.82, 2.24) is 20.3 Å². The highest BCUT2D eigenvalue weighted by Gasteiger charge is 2.07. The maximum atomic E-state index is 12.0. The van der Waals surface area contributed by atoms with Crippen molar-refractivity contribution in [2.24, 2.45) is 0 Å². The molecule has 0 fully saturated rings. The molecule has 0 aliphatic rings. The Kier molecular flexibility index (Phi) is 3.16. The molecule has 0 atom stereocenters. The largest absolute Gasteiger partial charge is 0.345 e. The van der Waals surface area contributed by atoms with Crippen molar-refractivity contribution in [1.29, 1.82) is 0 Å². The number of rotatable bonds is 3. The molecule has 0 spiro atoms. The molecule has 5 heteroatoms. The van der Waals surface area contributed by atoms with E-state index < -0.39 is 0 Å². The van der Waals surface area contributed by atoms with Gasteiger partial charge in [0.25, 0.3) is 5.91 Å². The third-order valence-electron chi connectivity index (χ3n) is 3.01. The van der Waals surface area contributed by atoms with Gasteiger partial charge in [0.05, 0.1) is 17.6 Å². The highest BCUT2D eigenvalue weighted by atomic mass is 16.1. The van der Waals surface area contributed by atoms with E-state index in [-0.39, 0.29) is 5.91 Å². The molecule has 3 aromatic rings. The fourth-order valence-corrected chi connectivity index (χ4v) is 2.04. The first-order valence-corrected chi connectivity index (χ1v) is 6.37.